The van der Waals surface area contributed by atoms with Crippen LogP contribution in [0.15, 0.2) is 0 Å². The minimum Gasteiger partial charge on any atom is -0.264 e. The standard InChI is InChI=1S/C7H10Cl3NO2/c8-7(9,10)5-3-1-2-4-6(5)11(12)13/h5-6H,1-4H2. The predicted octanol–water partition coefficient (Wildman–Crippen LogP) is 3.19. The van der Waals surface area contributed by atoms with Crippen molar-refractivity contribution in [2.75, 3.05) is 0 Å². The molecule has 0 amide bonds. The molecule has 0 aromatic heterocycles. The Labute approximate surface area is 91.5 Å². The van der Waals surface area contributed by atoms with E-state index < -0.39 is 15.8 Å². The second-order valence-electron chi connectivity index (χ2n) is 3.29. The molecule has 2 unspecified atom stereocenters. The molecule has 1 rings (SSSR count). The second-order valence-corrected chi connectivity index (χ2v) is 5.65. The van der Waals surface area contributed by atoms with Crippen molar-refractivity contribution in [1.82, 2.24) is 0 Å². The predicted molar refractivity (Wildman–Crippen MR) is 53.0 cm³/mol. The van der Waals surface area contributed by atoms with Crippen LogP contribution in [0.5, 0.6) is 0 Å². The minimum absolute atomic E-state index is 0.328. The zero-order chi connectivity index (χ0) is 10.1. The quantitative estimate of drug-likeness (QED) is 0.405. The lowest BCUT2D eigenvalue weighted by Crippen LogP contribution is -2.39. The number of nitro groups is 1. The minimum atomic E-state index is -1.50. The van der Waals surface area contributed by atoms with Gasteiger partial charge in [-0.1, -0.05) is 41.2 Å². The molecular weight excluding hydrogens is 236 g/mol. The Balaban J connectivity index is 2.73. The van der Waals surface area contributed by atoms with Gasteiger partial charge in [-0.2, -0.15) is 0 Å². The molecule has 1 saturated carbocycles. The summed E-state index contributed by atoms with van der Waals surface area (Å²) >= 11 is 17.0. The summed E-state index contributed by atoms with van der Waals surface area (Å²) in [5.41, 5.74) is 0. The summed E-state index contributed by atoms with van der Waals surface area (Å²) in [5.74, 6) is -0.443. The van der Waals surface area contributed by atoms with Gasteiger partial charge in [-0.25, -0.2) is 0 Å². The molecule has 6 heteroatoms. The Morgan fingerprint density at radius 2 is 1.77 bits per heavy atom. The molecule has 0 aromatic carbocycles. The zero-order valence-corrected chi connectivity index (χ0v) is 9.15. The van der Waals surface area contributed by atoms with Gasteiger partial charge in [-0.3, -0.25) is 10.1 Å². The first-order valence-electron chi connectivity index (χ1n) is 4.13. The molecule has 0 bridgehead atoms. The van der Waals surface area contributed by atoms with Crippen LogP contribution in [-0.2, 0) is 0 Å². The number of hydrogen-bond acceptors (Lipinski definition) is 2. The molecule has 1 aliphatic rings. The Bertz CT molecular complexity index is 204. The largest absolute Gasteiger partial charge is 0.264 e. The van der Waals surface area contributed by atoms with E-state index in [4.69, 9.17) is 34.8 Å². The van der Waals surface area contributed by atoms with Crippen molar-refractivity contribution in [3.8, 4) is 0 Å². The maximum Gasteiger partial charge on any atom is 0.220 e. The third-order valence-electron chi connectivity index (χ3n) is 2.42. The molecule has 0 radical (unpaired) electrons. The fourth-order valence-corrected chi connectivity index (χ4v) is 2.51. The van der Waals surface area contributed by atoms with E-state index >= 15 is 0 Å². The van der Waals surface area contributed by atoms with Gasteiger partial charge in [0.25, 0.3) is 0 Å². The summed E-state index contributed by atoms with van der Waals surface area (Å²) in [7, 11) is 0. The fourth-order valence-electron chi connectivity index (χ4n) is 1.75. The van der Waals surface area contributed by atoms with Crippen molar-refractivity contribution in [3.63, 3.8) is 0 Å². The Morgan fingerprint density at radius 1 is 1.23 bits per heavy atom. The van der Waals surface area contributed by atoms with Gasteiger partial charge >= 0.3 is 0 Å². The molecule has 0 heterocycles. The molecule has 13 heavy (non-hydrogen) atoms. The topological polar surface area (TPSA) is 43.1 Å². The first-order valence-corrected chi connectivity index (χ1v) is 5.26. The third kappa shape index (κ3) is 2.86. The first-order chi connectivity index (χ1) is 5.93. The molecule has 0 spiro atoms. The molecule has 0 N–H and O–H groups in total. The molecule has 1 fully saturated rings. The SMILES string of the molecule is O=[N+]([O-])C1CCCCC1C(Cl)(Cl)Cl. The van der Waals surface area contributed by atoms with Gasteiger partial charge in [-0.15, -0.1) is 0 Å². The van der Waals surface area contributed by atoms with Gasteiger partial charge in [0.05, 0.1) is 5.92 Å². The summed E-state index contributed by atoms with van der Waals surface area (Å²) in [6.07, 6.45) is 2.90. The van der Waals surface area contributed by atoms with Crippen LogP contribution in [-0.4, -0.2) is 14.8 Å². The van der Waals surface area contributed by atoms with E-state index in [-0.39, 0.29) is 4.92 Å². The van der Waals surface area contributed by atoms with Crippen LogP contribution in [0.2, 0.25) is 0 Å². The van der Waals surface area contributed by atoms with E-state index in [1.54, 1.807) is 0 Å². The maximum absolute atomic E-state index is 10.6. The monoisotopic (exact) mass is 245 g/mol. The smallest absolute Gasteiger partial charge is 0.220 e. The first kappa shape index (κ1) is 11.3. The van der Waals surface area contributed by atoms with E-state index in [0.717, 1.165) is 12.8 Å². The molecule has 2 atom stereocenters. The van der Waals surface area contributed by atoms with Crippen LogP contribution in [0.25, 0.3) is 0 Å². The van der Waals surface area contributed by atoms with Crippen LogP contribution < -0.4 is 0 Å². The van der Waals surface area contributed by atoms with Gasteiger partial charge in [-0.05, 0) is 12.8 Å². The van der Waals surface area contributed by atoms with Crippen LogP contribution in [0.1, 0.15) is 25.7 Å². The Hall–Kier alpha value is 0.270. The summed E-state index contributed by atoms with van der Waals surface area (Å²) in [6, 6.07) is -0.693. The van der Waals surface area contributed by atoms with Crippen LogP contribution >= 0.6 is 34.8 Å². The molecule has 76 valence electrons. The van der Waals surface area contributed by atoms with Gasteiger partial charge in [0, 0.05) is 11.3 Å². The van der Waals surface area contributed by atoms with E-state index in [1.165, 1.54) is 0 Å². The lowest BCUT2D eigenvalue weighted by atomic mass is 9.86. The van der Waals surface area contributed by atoms with Crippen LogP contribution in [0.3, 0.4) is 0 Å². The molecule has 3 nitrogen and oxygen atoms in total. The van der Waals surface area contributed by atoms with Gasteiger partial charge in [0.2, 0.25) is 6.04 Å². The number of alkyl halides is 3. The lowest BCUT2D eigenvalue weighted by molar-refractivity contribution is -0.535. The van der Waals surface area contributed by atoms with Crippen LogP contribution in [0.4, 0.5) is 0 Å². The highest BCUT2D eigenvalue weighted by atomic mass is 35.6. The van der Waals surface area contributed by atoms with Crippen molar-refractivity contribution in [1.29, 1.82) is 0 Å². The lowest BCUT2D eigenvalue weighted by Gasteiger charge is -2.30. The van der Waals surface area contributed by atoms with Crippen molar-refractivity contribution in [2.24, 2.45) is 5.92 Å². The van der Waals surface area contributed by atoms with Crippen molar-refractivity contribution >= 4 is 34.8 Å². The molecule has 0 aromatic rings. The van der Waals surface area contributed by atoms with E-state index in [1.807, 2.05) is 0 Å². The van der Waals surface area contributed by atoms with Crippen molar-refractivity contribution in [3.05, 3.63) is 10.1 Å². The summed E-state index contributed by atoms with van der Waals surface area (Å²) in [5, 5.41) is 10.6. The maximum atomic E-state index is 10.6. The highest BCUT2D eigenvalue weighted by molar-refractivity contribution is 6.67. The molecular formula is C7H10Cl3NO2. The Kier molecular flexibility index (Phi) is 3.66. The number of hydrogen-bond donors (Lipinski definition) is 0. The average molecular weight is 247 g/mol. The number of halogens is 3. The molecule has 1 aliphatic carbocycles. The Morgan fingerprint density at radius 3 is 2.15 bits per heavy atom. The summed E-state index contributed by atoms with van der Waals surface area (Å²) in [6.45, 7) is 0. The van der Waals surface area contributed by atoms with Gasteiger partial charge < -0.3 is 0 Å². The van der Waals surface area contributed by atoms with Crippen LogP contribution in [0, 0.1) is 16.0 Å². The van der Waals surface area contributed by atoms with Gasteiger partial charge in [0.15, 0.2) is 3.79 Å². The molecule has 0 aliphatic heterocycles. The number of rotatable bonds is 1. The second kappa shape index (κ2) is 4.20. The summed E-state index contributed by atoms with van der Waals surface area (Å²) in [4.78, 5) is 10.3. The fraction of sp³-hybridized carbons (Fsp3) is 1.00. The summed E-state index contributed by atoms with van der Waals surface area (Å²) < 4.78 is -1.50. The highest BCUT2D eigenvalue weighted by Crippen LogP contribution is 2.43. The number of nitrogens with zero attached hydrogens (tertiary/aromatic N) is 1. The zero-order valence-electron chi connectivity index (χ0n) is 6.88. The van der Waals surface area contributed by atoms with Gasteiger partial charge in [0.1, 0.15) is 0 Å². The molecule has 0 saturated heterocycles. The normalized spacial score (nSPS) is 30.1. The average Bonchev–Trinajstić information content (AvgIpc) is 2.03. The van der Waals surface area contributed by atoms with E-state index in [0.29, 0.717) is 12.8 Å². The van der Waals surface area contributed by atoms with Crippen molar-refractivity contribution in [2.45, 2.75) is 35.5 Å². The van der Waals surface area contributed by atoms with E-state index in [9.17, 15) is 10.1 Å². The van der Waals surface area contributed by atoms with Crippen molar-refractivity contribution < 1.29 is 4.92 Å². The third-order valence-corrected chi connectivity index (χ3v) is 3.26. The van der Waals surface area contributed by atoms with E-state index in [2.05, 4.69) is 0 Å². The highest BCUT2D eigenvalue weighted by Gasteiger charge is 2.46.